The minimum atomic E-state index is -0.548. The van der Waals surface area contributed by atoms with Gasteiger partial charge in [-0.05, 0) is 37.3 Å². The molecule has 1 aliphatic carbocycles. The van der Waals surface area contributed by atoms with Crippen LogP contribution in [0.15, 0.2) is 23.3 Å². The van der Waals surface area contributed by atoms with Gasteiger partial charge >= 0.3 is 0 Å². The number of fused-ring (bicyclic) bond motifs is 2. The van der Waals surface area contributed by atoms with Crippen LogP contribution in [0.4, 0.5) is 16.4 Å². The predicted octanol–water partition coefficient (Wildman–Crippen LogP) is 2.59. The Kier molecular flexibility index (Phi) is 6.19. The van der Waals surface area contributed by atoms with Gasteiger partial charge < -0.3 is 15.0 Å². The molecule has 0 bridgehead atoms. The maximum absolute atomic E-state index is 13.1. The summed E-state index contributed by atoms with van der Waals surface area (Å²) in [6, 6.07) is 4.97. The quantitative estimate of drug-likeness (QED) is 0.421. The predicted molar refractivity (Wildman–Crippen MR) is 130 cm³/mol. The number of nitrogens with zero attached hydrogens (tertiary/aromatic N) is 5. The first kappa shape index (κ1) is 22.9. The Morgan fingerprint density at radius 1 is 1.29 bits per heavy atom. The van der Waals surface area contributed by atoms with Crippen LogP contribution in [0.2, 0.25) is 0 Å². The molecular formula is C23H22N6O5S. The molecule has 0 saturated carbocycles. The summed E-state index contributed by atoms with van der Waals surface area (Å²) < 4.78 is 6.45. The second kappa shape index (κ2) is 9.44. The van der Waals surface area contributed by atoms with Gasteiger partial charge in [-0.2, -0.15) is 5.26 Å². The number of nitro groups is 1. The molecule has 0 radical (unpaired) electrons. The second-order valence-electron chi connectivity index (χ2n) is 8.47. The molecule has 3 heterocycles. The average Bonchev–Trinajstić information content (AvgIpc) is 3.22. The number of thiophene rings is 1. The first-order valence-electron chi connectivity index (χ1n) is 11.3. The fraction of sp³-hybridized carbons (Fsp3) is 0.391. The third-order valence-corrected chi connectivity index (χ3v) is 7.53. The standard InChI is InChI=1S/C23H22N6O5S/c24-11-16-14-3-1-2-4-20(14)35-22(16)26-21(30)12-28-13-25-17-10-18(27-5-7-34-8-6-27)19(29(32)33)9-15(17)23(28)31/h9-10,13H,1-8,12H2,(H,26,30). The topological polar surface area (TPSA) is 143 Å². The van der Waals surface area contributed by atoms with E-state index in [-0.39, 0.29) is 17.6 Å². The van der Waals surface area contributed by atoms with Gasteiger partial charge in [0.15, 0.2) is 0 Å². The Bertz CT molecular complexity index is 1430. The van der Waals surface area contributed by atoms with Gasteiger partial charge in [0.25, 0.3) is 11.2 Å². The van der Waals surface area contributed by atoms with E-state index in [2.05, 4.69) is 16.4 Å². The average molecular weight is 495 g/mol. The van der Waals surface area contributed by atoms with Crippen LogP contribution in [0.3, 0.4) is 0 Å². The summed E-state index contributed by atoms with van der Waals surface area (Å²) in [5.74, 6) is -0.470. The number of benzene rings is 1. The summed E-state index contributed by atoms with van der Waals surface area (Å²) >= 11 is 1.41. The highest BCUT2D eigenvalue weighted by atomic mass is 32.1. The summed E-state index contributed by atoms with van der Waals surface area (Å²) in [6.45, 7) is 1.59. The molecule has 0 atom stereocenters. The molecule has 35 heavy (non-hydrogen) atoms. The third kappa shape index (κ3) is 4.36. The van der Waals surface area contributed by atoms with Gasteiger partial charge in [-0.15, -0.1) is 11.3 Å². The van der Waals surface area contributed by atoms with Crippen molar-refractivity contribution in [2.75, 3.05) is 36.5 Å². The molecule has 2 aromatic heterocycles. The zero-order valence-corrected chi connectivity index (χ0v) is 19.6. The zero-order valence-electron chi connectivity index (χ0n) is 18.8. The lowest BCUT2D eigenvalue weighted by molar-refractivity contribution is -0.384. The SMILES string of the molecule is N#Cc1c(NC(=O)Cn2cnc3cc(N4CCOCC4)c([N+](=O)[O-])cc3c2=O)sc2c1CCCC2. The number of rotatable bonds is 5. The van der Waals surface area contributed by atoms with Crippen molar-refractivity contribution in [1.29, 1.82) is 5.26 Å². The maximum atomic E-state index is 13.1. The minimum absolute atomic E-state index is 0.0633. The highest BCUT2D eigenvalue weighted by Gasteiger charge is 2.25. The normalized spacial score (nSPS) is 15.5. The van der Waals surface area contributed by atoms with Crippen molar-refractivity contribution in [1.82, 2.24) is 9.55 Å². The number of aromatic nitrogens is 2. The summed E-state index contributed by atoms with van der Waals surface area (Å²) in [4.78, 5) is 44.4. The van der Waals surface area contributed by atoms with E-state index < -0.39 is 16.4 Å². The van der Waals surface area contributed by atoms with E-state index in [1.807, 2.05) is 4.90 Å². The highest BCUT2D eigenvalue weighted by molar-refractivity contribution is 7.16. The van der Waals surface area contributed by atoms with Crippen molar-refractivity contribution in [3.8, 4) is 6.07 Å². The van der Waals surface area contributed by atoms with Crippen LogP contribution in [-0.2, 0) is 28.9 Å². The molecule has 2 aliphatic rings. The lowest BCUT2D eigenvalue weighted by atomic mass is 9.96. The van der Waals surface area contributed by atoms with Crippen LogP contribution < -0.4 is 15.8 Å². The van der Waals surface area contributed by atoms with Gasteiger partial charge in [-0.25, -0.2) is 4.98 Å². The smallest absolute Gasteiger partial charge is 0.293 e. The molecule has 1 aliphatic heterocycles. The Balaban J connectivity index is 1.43. The number of nitriles is 1. The number of nitro benzene ring substituents is 1. The van der Waals surface area contributed by atoms with Gasteiger partial charge in [-0.3, -0.25) is 24.3 Å². The lowest BCUT2D eigenvalue weighted by Crippen LogP contribution is -2.36. The second-order valence-corrected chi connectivity index (χ2v) is 9.57. The molecule has 12 heteroatoms. The number of morpholine rings is 1. The monoisotopic (exact) mass is 494 g/mol. The van der Waals surface area contributed by atoms with Crippen LogP contribution >= 0.6 is 11.3 Å². The van der Waals surface area contributed by atoms with Crippen LogP contribution in [0.1, 0.15) is 28.8 Å². The number of hydrogen-bond donors (Lipinski definition) is 1. The summed E-state index contributed by atoms with van der Waals surface area (Å²) in [7, 11) is 0. The third-order valence-electron chi connectivity index (χ3n) is 6.32. The van der Waals surface area contributed by atoms with Crippen LogP contribution in [0, 0.1) is 21.4 Å². The maximum Gasteiger partial charge on any atom is 0.293 e. The van der Waals surface area contributed by atoms with E-state index in [1.165, 1.54) is 23.7 Å². The van der Waals surface area contributed by atoms with E-state index in [4.69, 9.17) is 4.74 Å². The van der Waals surface area contributed by atoms with E-state index in [0.717, 1.165) is 40.7 Å². The first-order chi connectivity index (χ1) is 17.0. The molecule has 1 fully saturated rings. The molecule has 11 nitrogen and oxygen atoms in total. The highest BCUT2D eigenvalue weighted by Crippen LogP contribution is 2.37. The lowest BCUT2D eigenvalue weighted by Gasteiger charge is -2.28. The van der Waals surface area contributed by atoms with Crippen molar-refractivity contribution in [2.24, 2.45) is 0 Å². The Labute approximate surface area is 203 Å². The van der Waals surface area contributed by atoms with Crippen LogP contribution in [0.5, 0.6) is 0 Å². The van der Waals surface area contributed by atoms with Crippen molar-refractivity contribution >= 4 is 44.5 Å². The summed E-state index contributed by atoms with van der Waals surface area (Å²) in [6.07, 6.45) is 5.06. The molecule has 0 unspecified atom stereocenters. The van der Waals surface area contributed by atoms with Gasteiger partial charge in [0.1, 0.15) is 23.3 Å². The molecule has 5 rings (SSSR count). The van der Waals surface area contributed by atoms with E-state index in [0.29, 0.717) is 48.1 Å². The Morgan fingerprint density at radius 2 is 2.06 bits per heavy atom. The summed E-state index contributed by atoms with van der Waals surface area (Å²) in [5, 5.41) is 24.7. The first-order valence-corrected chi connectivity index (χ1v) is 12.1. The summed E-state index contributed by atoms with van der Waals surface area (Å²) in [5.41, 5.74) is 1.46. The van der Waals surface area contributed by atoms with Crippen molar-refractivity contribution < 1.29 is 14.5 Å². The van der Waals surface area contributed by atoms with Crippen molar-refractivity contribution in [3.63, 3.8) is 0 Å². The number of anilines is 2. The number of hydrogen-bond acceptors (Lipinski definition) is 9. The molecule has 0 spiro atoms. The number of ether oxygens (including phenoxy) is 1. The Morgan fingerprint density at radius 3 is 2.80 bits per heavy atom. The van der Waals surface area contributed by atoms with E-state index in [9.17, 15) is 25.0 Å². The fourth-order valence-electron chi connectivity index (χ4n) is 4.59. The molecule has 1 amide bonds. The van der Waals surface area contributed by atoms with Crippen LogP contribution in [0.25, 0.3) is 10.9 Å². The molecule has 3 aromatic rings. The molecular weight excluding hydrogens is 472 g/mol. The number of amides is 1. The number of nitrogens with one attached hydrogen (secondary N) is 1. The molecule has 1 saturated heterocycles. The van der Waals surface area contributed by atoms with Gasteiger partial charge in [0.05, 0.1) is 40.9 Å². The van der Waals surface area contributed by atoms with Gasteiger partial charge in [0.2, 0.25) is 5.91 Å². The molecule has 1 aromatic carbocycles. The fourth-order valence-corrected chi connectivity index (χ4v) is 5.85. The molecule has 180 valence electrons. The van der Waals surface area contributed by atoms with Crippen molar-refractivity contribution in [3.05, 3.63) is 54.9 Å². The van der Waals surface area contributed by atoms with E-state index in [1.54, 1.807) is 6.07 Å². The van der Waals surface area contributed by atoms with Gasteiger partial charge in [0, 0.05) is 24.0 Å². The van der Waals surface area contributed by atoms with Crippen LogP contribution in [-0.4, -0.2) is 46.7 Å². The number of aryl methyl sites for hydroxylation is 1. The number of carbonyl (C=O) groups is 1. The molecule has 1 N–H and O–H groups in total. The number of carbonyl (C=O) groups excluding carboxylic acids is 1. The van der Waals surface area contributed by atoms with Gasteiger partial charge in [-0.1, -0.05) is 0 Å². The largest absolute Gasteiger partial charge is 0.378 e. The Hall–Kier alpha value is -3.82. The zero-order chi connectivity index (χ0) is 24.5. The van der Waals surface area contributed by atoms with Crippen molar-refractivity contribution in [2.45, 2.75) is 32.2 Å². The van der Waals surface area contributed by atoms with E-state index >= 15 is 0 Å². The minimum Gasteiger partial charge on any atom is -0.378 e.